The minimum absolute atomic E-state index is 0.799. The summed E-state index contributed by atoms with van der Waals surface area (Å²) in [5, 5.41) is 10.7. The van der Waals surface area contributed by atoms with Crippen molar-refractivity contribution in [1.82, 2.24) is 28.7 Å². The minimum Gasteiger partial charge on any atom is -0.454 e. The number of aromatic nitrogens is 6. The maximum Gasteiger partial charge on any atom is 0.161 e. The van der Waals surface area contributed by atoms with Gasteiger partial charge in [0.2, 0.25) is 0 Å². The van der Waals surface area contributed by atoms with Crippen LogP contribution in [0.2, 0.25) is 0 Å². The number of nitrogens with zero attached hydrogens (tertiary/aromatic N) is 6. The molecular weight excluding hydrogens is 1550 g/mol. The molecule has 596 valence electrons. The Kier molecular flexibility index (Phi) is 17.9. The van der Waals surface area contributed by atoms with Crippen LogP contribution in [0.1, 0.15) is 5.56 Å². The van der Waals surface area contributed by atoms with Crippen molar-refractivity contribution in [1.29, 1.82) is 0 Å². The number of furan rings is 3. The van der Waals surface area contributed by atoms with Gasteiger partial charge in [0.05, 0.1) is 44.5 Å². The minimum atomic E-state index is 0.799. The van der Waals surface area contributed by atoms with Crippen molar-refractivity contribution in [2.75, 3.05) is 0 Å². The molecule has 0 aliphatic heterocycles. The molecule has 0 spiro atoms. The van der Waals surface area contributed by atoms with Crippen LogP contribution in [0.15, 0.2) is 456 Å². The number of hydrogen-bond acceptors (Lipinski definition) is 6. The smallest absolute Gasteiger partial charge is 0.161 e. The highest BCUT2D eigenvalue weighted by molar-refractivity contribution is 6.14. The lowest BCUT2D eigenvalue weighted by molar-refractivity contribution is 0.665. The standard InChI is InChI=1S/2C41H26N2O.C36H24N2O/c1-2-12-27(13-3-1)36-26-35(41-40(42-36)34-20-6-9-23-39(34)44-41)30-16-10-14-28(24-30)29-15-11-17-31(25-29)43-37-21-7-4-18-32(37)33-19-5-8-22-38(33)43;1-2-10-27(11-3-1)36-21-23-40-41(42-36)35-26-31(20-22-39(35)44-40)29-13-8-12-28(24-29)30-14-9-15-32(25-30)43-37-18-6-4-16-33(37)34-17-5-7-19-38(34)43;1-23-19-27(22-31-35-34(39-36(23)31)17-8-18-37-35)25-10-6-9-24(20-25)26-11-7-12-28(21-26)38-32-15-4-2-13-29(32)30-14-3-5-16-33(30)38/h2*1-26H;2-22H,1H3. The molecule has 0 saturated carbocycles. The van der Waals surface area contributed by atoms with E-state index in [0.717, 1.165) is 150 Å². The Morgan fingerprint density at radius 1 is 0.197 bits per heavy atom. The normalized spacial score (nSPS) is 11.7. The number of aryl methyl sites for hydroxylation is 1. The zero-order valence-corrected chi connectivity index (χ0v) is 69.1. The molecule has 0 amide bonds. The molecule has 0 bridgehead atoms. The summed E-state index contributed by atoms with van der Waals surface area (Å²) >= 11 is 0. The largest absolute Gasteiger partial charge is 0.454 e. The number of hydrogen-bond donors (Lipinski definition) is 0. The number of fused-ring (bicyclic) bond motifs is 18. The first-order valence-corrected chi connectivity index (χ1v) is 43.0. The van der Waals surface area contributed by atoms with Crippen LogP contribution >= 0.6 is 0 Å². The Bertz CT molecular complexity index is 8660. The van der Waals surface area contributed by atoms with Crippen LogP contribution in [0.4, 0.5) is 0 Å². The van der Waals surface area contributed by atoms with Crippen molar-refractivity contribution in [3.8, 4) is 106 Å². The average Bonchev–Trinajstić information content (AvgIpc) is 1.60. The number of para-hydroxylation sites is 7. The lowest BCUT2D eigenvalue weighted by Crippen LogP contribution is -1.94. The van der Waals surface area contributed by atoms with E-state index in [2.05, 4.69) is 396 Å². The summed E-state index contributed by atoms with van der Waals surface area (Å²) < 4.78 is 25.8. The second-order valence-electron chi connectivity index (χ2n) is 32.5. The van der Waals surface area contributed by atoms with E-state index < -0.39 is 0 Å². The quantitative estimate of drug-likeness (QED) is 0.128. The van der Waals surface area contributed by atoms with Gasteiger partial charge in [0.1, 0.15) is 33.3 Å². The van der Waals surface area contributed by atoms with Gasteiger partial charge in [-0.25, -0.2) is 9.97 Å². The molecular formula is C118H76N6O3. The summed E-state index contributed by atoms with van der Waals surface area (Å²) in [6, 6.07) is 154. The van der Waals surface area contributed by atoms with Crippen molar-refractivity contribution in [2.45, 2.75) is 6.92 Å². The molecule has 9 heterocycles. The molecule has 9 heteroatoms. The first-order valence-electron chi connectivity index (χ1n) is 43.0. The highest BCUT2D eigenvalue weighted by Gasteiger charge is 2.22. The van der Waals surface area contributed by atoms with Gasteiger partial charge in [0.25, 0.3) is 0 Å². The van der Waals surface area contributed by atoms with E-state index in [4.69, 9.17) is 23.2 Å². The highest BCUT2D eigenvalue weighted by atomic mass is 16.3. The zero-order valence-electron chi connectivity index (χ0n) is 69.1. The summed E-state index contributed by atoms with van der Waals surface area (Å²) in [5.41, 5.74) is 37.3. The van der Waals surface area contributed by atoms with Crippen molar-refractivity contribution in [2.24, 2.45) is 0 Å². The number of rotatable bonds is 11. The fourth-order valence-corrected chi connectivity index (χ4v) is 19.0. The van der Waals surface area contributed by atoms with Crippen molar-refractivity contribution < 1.29 is 13.3 Å². The van der Waals surface area contributed by atoms with Gasteiger partial charge in [-0.1, -0.05) is 279 Å². The molecule has 0 N–H and O–H groups in total. The summed E-state index contributed by atoms with van der Waals surface area (Å²) in [6.45, 7) is 2.10. The fraction of sp³-hybridized carbons (Fsp3) is 0.00847. The molecule has 0 atom stereocenters. The third kappa shape index (κ3) is 13.1. The molecule has 17 aromatic carbocycles. The van der Waals surface area contributed by atoms with Gasteiger partial charge >= 0.3 is 0 Å². The van der Waals surface area contributed by atoms with Crippen LogP contribution in [0, 0.1) is 6.92 Å². The van der Waals surface area contributed by atoms with Crippen molar-refractivity contribution in [3.63, 3.8) is 0 Å². The highest BCUT2D eigenvalue weighted by Crippen LogP contribution is 2.44. The summed E-state index contributed by atoms with van der Waals surface area (Å²) in [7, 11) is 0. The van der Waals surface area contributed by atoms with Crippen LogP contribution in [0.3, 0.4) is 0 Å². The summed E-state index contributed by atoms with van der Waals surface area (Å²) in [4.78, 5) is 14.7. The van der Waals surface area contributed by atoms with Crippen molar-refractivity contribution >= 4 is 132 Å². The molecule has 26 aromatic rings. The number of pyridine rings is 3. The molecule has 0 radical (unpaired) electrons. The third-order valence-electron chi connectivity index (χ3n) is 24.9. The van der Waals surface area contributed by atoms with E-state index in [0.29, 0.717) is 0 Å². The lowest BCUT2D eigenvalue weighted by atomic mass is 9.96. The Hall–Kier alpha value is -17.0. The topological polar surface area (TPSA) is 92.9 Å². The van der Waals surface area contributed by atoms with E-state index in [-0.39, 0.29) is 0 Å². The van der Waals surface area contributed by atoms with Crippen LogP contribution < -0.4 is 0 Å². The average molecular weight is 1630 g/mol. The molecule has 0 saturated heterocycles. The molecule has 9 nitrogen and oxygen atoms in total. The van der Waals surface area contributed by atoms with Crippen molar-refractivity contribution in [3.05, 3.63) is 449 Å². The first-order chi connectivity index (χ1) is 62.9. The lowest BCUT2D eigenvalue weighted by Gasteiger charge is -2.12. The molecule has 0 fully saturated rings. The number of benzene rings is 17. The van der Waals surface area contributed by atoms with E-state index in [1.807, 2.05) is 72.9 Å². The van der Waals surface area contributed by atoms with Crippen LogP contribution in [0.5, 0.6) is 0 Å². The Balaban J connectivity index is 0.000000107. The Morgan fingerprint density at radius 3 is 1.04 bits per heavy atom. The second-order valence-corrected chi connectivity index (χ2v) is 32.5. The monoisotopic (exact) mass is 1620 g/mol. The molecule has 0 aliphatic rings. The first kappa shape index (κ1) is 73.9. The van der Waals surface area contributed by atoms with Gasteiger partial charge in [-0.15, -0.1) is 0 Å². The van der Waals surface area contributed by atoms with Gasteiger partial charge in [0.15, 0.2) is 16.7 Å². The van der Waals surface area contributed by atoms with E-state index in [9.17, 15) is 0 Å². The summed E-state index contributed by atoms with van der Waals surface area (Å²) in [6.07, 6.45) is 1.82. The summed E-state index contributed by atoms with van der Waals surface area (Å²) in [5.74, 6) is 0. The zero-order chi connectivity index (χ0) is 84.0. The predicted octanol–water partition coefficient (Wildman–Crippen LogP) is 31.9. The fourth-order valence-electron chi connectivity index (χ4n) is 19.0. The Morgan fingerprint density at radius 2 is 0.543 bits per heavy atom. The van der Waals surface area contributed by atoms with Crippen LogP contribution in [0.25, 0.3) is 238 Å². The maximum absolute atomic E-state index is 6.46. The molecule has 26 rings (SSSR count). The van der Waals surface area contributed by atoms with E-state index in [1.165, 1.54) is 93.2 Å². The predicted molar refractivity (Wildman–Crippen MR) is 526 cm³/mol. The van der Waals surface area contributed by atoms with Gasteiger partial charge in [-0.2, -0.15) is 0 Å². The second kappa shape index (κ2) is 30.8. The van der Waals surface area contributed by atoms with E-state index >= 15 is 0 Å². The third-order valence-corrected chi connectivity index (χ3v) is 24.9. The van der Waals surface area contributed by atoms with Gasteiger partial charge < -0.3 is 27.0 Å². The van der Waals surface area contributed by atoms with Crippen LogP contribution in [-0.2, 0) is 0 Å². The molecule has 0 aliphatic carbocycles. The maximum atomic E-state index is 6.46. The van der Waals surface area contributed by atoms with Gasteiger partial charge in [0, 0.05) is 88.4 Å². The van der Waals surface area contributed by atoms with E-state index in [1.54, 1.807) is 0 Å². The van der Waals surface area contributed by atoms with Gasteiger partial charge in [-0.3, -0.25) is 4.98 Å². The molecule has 9 aromatic heterocycles. The van der Waals surface area contributed by atoms with Gasteiger partial charge in [-0.05, 0) is 231 Å². The molecule has 0 unspecified atom stereocenters. The molecule has 127 heavy (non-hydrogen) atoms. The van der Waals surface area contributed by atoms with Crippen LogP contribution in [-0.4, -0.2) is 28.7 Å². The SMILES string of the molecule is Cc1cc(-c2cccc(-c3cccc(-n4c5ccccc5c5ccccc54)c3)c2)cc2c1oc1cccnc12.c1ccc(-c2cc(-c3cccc(-c4cccc(-n5c6ccccc6c6ccccc65)c4)c3)c3oc4ccccc4c3n2)cc1.c1ccc(-c2ccc3oc4ccc(-c5cccc(-c6cccc(-n7c8ccccc8c8ccccc87)c6)c5)cc4c3n2)cc1. The Labute approximate surface area is 730 Å².